The monoisotopic (exact) mass is 529 g/mol. The van der Waals surface area contributed by atoms with Crippen molar-refractivity contribution < 1.29 is 8.85 Å². The first-order chi connectivity index (χ1) is 16.0. The summed E-state index contributed by atoms with van der Waals surface area (Å²) in [5, 5.41) is 0.402. The second-order valence-corrected chi connectivity index (χ2v) is 23.7. The lowest BCUT2D eigenvalue weighted by Crippen LogP contribution is -2.52. The minimum absolute atomic E-state index is 0.0458. The summed E-state index contributed by atoms with van der Waals surface area (Å²) in [4.78, 5) is 0. The van der Waals surface area contributed by atoms with Crippen LogP contribution in [-0.2, 0) is 8.85 Å². The van der Waals surface area contributed by atoms with E-state index < -0.39 is 16.6 Å². The average Bonchev–Trinajstić information content (AvgIpc) is 2.72. The van der Waals surface area contributed by atoms with Crippen molar-refractivity contribution in [1.29, 1.82) is 0 Å². The van der Waals surface area contributed by atoms with Crippen LogP contribution in [0, 0.1) is 0 Å². The van der Waals surface area contributed by atoms with Crippen molar-refractivity contribution in [2.24, 2.45) is 5.73 Å². The van der Waals surface area contributed by atoms with E-state index in [1.165, 1.54) is 83.5 Å². The van der Waals surface area contributed by atoms with E-state index in [0.29, 0.717) is 6.61 Å². The van der Waals surface area contributed by atoms with Gasteiger partial charge in [-0.25, -0.2) is 0 Å². The van der Waals surface area contributed by atoms with Gasteiger partial charge in [0.2, 0.25) is 0 Å². The average molecular weight is 530 g/mol. The van der Waals surface area contributed by atoms with E-state index in [9.17, 15) is 0 Å². The van der Waals surface area contributed by atoms with Crippen molar-refractivity contribution in [2.75, 3.05) is 6.61 Å². The molecule has 0 aliphatic heterocycles. The summed E-state index contributed by atoms with van der Waals surface area (Å²) in [6, 6.07) is -0.0458. The van der Waals surface area contributed by atoms with Gasteiger partial charge in [-0.15, -0.1) is 0 Å². The first-order valence-corrected chi connectivity index (χ1v) is 20.9. The molecule has 0 amide bonds. The summed E-state index contributed by atoms with van der Waals surface area (Å²) in [6.07, 6.45) is 19.2. The van der Waals surface area contributed by atoms with E-state index in [4.69, 9.17) is 14.6 Å². The second-order valence-electron chi connectivity index (χ2n) is 14.2. The summed E-state index contributed by atoms with van der Waals surface area (Å²) < 4.78 is 13.4. The zero-order valence-electron chi connectivity index (χ0n) is 26.2. The predicted octanol–water partition coefficient (Wildman–Crippen LogP) is 10.2. The highest BCUT2D eigenvalue weighted by molar-refractivity contribution is 6.74. The molecule has 0 unspecified atom stereocenters. The smallest absolute Gasteiger partial charge is 0.192 e. The molecule has 0 bridgehead atoms. The molecule has 212 valence electrons. The fraction of sp³-hybridized carbons (Fsp3) is 1.00. The first kappa shape index (κ1) is 35.3. The summed E-state index contributed by atoms with van der Waals surface area (Å²) in [6.45, 7) is 26.1. The van der Waals surface area contributed by atoms with Gasteiger partial charge >= 0.3 is 0 Å². The SMILES string of the molecule is CCCCCCCCCCCCCCC[C@@H](O[Si](C)(C)C(C)(C)C)[C@@H](N)CO[Si](C)(C)C(C)(C)C. The largest absolute Gasteiger partial charge is 0.415 e. The third-order valence-electron chi connectivity index (χ3n) is 8.76. The van der Waals surface area contributed by atoms with Crippen LogP contribution < -0.4 is 5.73 Å². The van der Waals surface area contributed by atoms with E-state index in [1.54, 1.807) is 0 Å². The Morgan fingerprint density at radius 3 is 1.34 bits per heavy atom. The van der Waals surface area contributed by atoms with Gasteiger partial charge in [-0.05, 0) is 42.7 Å². The lowest BCUT2D eigenvalue weighted by Gasteiger charge is -2.42. The van der Waals surface area contributed by atoms with Gasteiger partial charge in [0.15, 0.2) is 16.6 Å². The molecule has 0 aliphatic carbocycles. The molecule has 2 atom stereocenters. The fourth-order valence-electron chi connectivity index (χ4n) is 3.91. The molecule has 0 spiro atoms. The standard InChI is InChI=1S/C30H67NO2Si2/c1-12-13-14-15-16-17-18-19-20-21-22-23-24-25-28(33-35(10,11)30(5,6)7)27(31)26-32-34(8,9)29(2,3)4/h27-28H,12-26,31H2,1-11H3/t27-,28+/m0/s1. The fourth-order valence-corrected chi connectivity index (χ4v) is 6.35. The topological polar surface area (TPSA) is 44.5 Å². The number of hydrogen-bond acceptors (Lipinski definition) is 3. The van der Waals surface area contributed by atoms with Crippen molar-refractivity contribution in [3.63, 3.8) is 0 Å². The molecule has 3 nitrogen and oxygen atoms in total. The molecule has 0 aromatic heterocycles. The quantitative estimate of drug-likeness (QED) is 0.126. The van der Waals surface area contributed by atoms with Crippen molar-refractivity contribution >= 4 is 16.6 Å². The molecule has 0 saturated carbocycles. The van der Waals surface area contributed by atoms with Crippen LogP contribution >= 0.6 is 0 Å². The Hall–Kier alpha value is 0.314. The van der Waals surface area contributed by atoms with Crippen LogP contribution in [0.4, 0.5) is 0 Å². The van der Waals surface area contributed by atoms with Crippen molar-refractivity contribution in [3.8, 4) is 0 Å². The molecular formula is C30H67NO2Si2. The Kier molecular flexibility index (Phi) is 17.2. The summed E-state index contributed by atoms with van der Waals surface area (Å²) >= 11 is 0. The molecule has 0 fully saturated rings. The number of rotatable bonds is 20. The van der Waals surface area contributed by atoms with Gasteiger partial charge in [-0.1, -0.05) is 132 Å². The molecule has 0 rings (SSSR count). The summed E-state index contributed by atoms with van der Waals surface area (Å²) in [5.74, 6) is 0. The Morgan fingerprint density at radius 1 is 0.600 bits per heavy atom. The van der Waals surface area contributed by atoms with Gasteiger partial charge in [0.25, 0.3) is 0 Å². The lowest BCUT2D eigenvalue weighted by atomic mass is 10.0. The minimum Gasteiger partial charge on any atom is -0.415 e. The molecule has 0 radical (unpaired) electrons. The van der Waals surface area contributed by atoms with Crippen LogP contribution in [0.3, 0.4) is 0 Å². The lowest BCUT2D eigenvalue weighted by molar-refractivity contribution is 0.109. The van der Waals surface area contributed by atoms with E-state index in [0.717, 1.165) is 6.42 Å². The van der Waals surface area contributed by atoms with Gasteiger partial charge in [-0.3, -0.25) is 0 Å². The Bertz CT molecular complexity index is 523. The minimum atomic E-state index is -1.87. The van der Waals surface area contributed by atoms with Crippen LogP contribution in [0.25, 0.3) is 0 Å². The molecule has 0 aromatic rings. The maximum Gasteiger partial charge on any atom is 0.192 e. The molecule has 35 heavy (non-hydrogen) atoms. The highest BCUT2D eigenvalue weighted by Gasteiger charge is 2.41. The van der Waals surface area contributed by atoms with Crippen molar-refractivity contribution in [1.82, 2.24) is 0 Å². The Morgan fingerprint density at radius 2 is 0.971 bits per heavy atom. The second kappa shape index (κ2) is 17.0. The van der Waals surface area contributed by atoms with Crippen LogP contribution in [0.1, 0.15) is 138 Å². The molecule has 0 saturated heterocycles. The highest BCUT2D eigenvalue weighted by atomic mass is 28.4. The Balaban J connectivity index is 4.48. The van der Waals surface area contributed by atoms with E-state index >= 15 is 0 Å². The molecular weight excluding hydrogens is 463 g/mol. The predicted molar refractivity (Wildman–Crippen MR) is 164 cm³/mol. The third kappa shape index (κ3) is 15.3. The van der Waals surface area contributed by atoms with Gasteiger partial charge in [-0.2, -0.15) is 0 Å². The number of nitrogens with two attached hydrogens (primary N) is 1. The zero-order chi connectivity index (χ0) is 27.2. The maximum absolute atomic E-state index is 6.87. The van der Waals surface area contributed by atoms with Gasteiger partial charge in [0.1, 0.15) is 0 Å². The maximum atomic E-state index is 6.87. The van der Waals surface area contributed by atoms with E-state index in [1.807, 2.05) is 0 Å². The zero-order valence-corrected chi connectivity index (χ0v) is 28.2. The molecule has 5 heteroatoms. The molecule has 0 aromatic carbocycles. The number of hydrogen-bond donors (Lipinski definition) is 1. The molecule has 2 N–H and O–H groups in total. The van der Waals surface area contributed by atoms with Gasteiger partial charge < -0.3 is 14.6 Å². The van der Waals surface area contributed by atoms with Crippen LogP contribution in [0.5, 0.6) is 0 Å². The Labute approximate surface area is 224 Å². The first-order valence-electron chi connectivity index (χ1n) is 15.1. The van der Waals surface area contributed by atoms with Crippen LogP contribution in [-0.4, -0.2) is 35.4 Å². The normalized spacial score (nSPS) is 15.4. The number of unbranched alkanes of at least 4 members (excludes halogenated alkanes) is 12. The molecule has 0 heterocycles. The van der Waals surface area contributed by atoms with Crippen molar-refractivity contribution in [2.45, 2.75) is 187 Å². The summed E-state index contributed by atoms with van der Waals surface area (Å²) in [7, 11) is -3.68. The van der Waals surface area contributed by atoms with Crippen LogP contribution in [0.2, 0.25) is 36.3 Å². The van der Waals surface area contributed by atoms with E-state index in [-0.39, 0.29) is 22.2 Å². The van der Waals surface area contributed by atoms with Gasteiger partial charge in [0.05, 0.1) is 18.8 Å². The van der Waals surface area contributed by atoms with Gasteiger partial charge in [0, 0.05) is 0 Å². The molecule has 0 aliphatic rings. The van der Waals surface area contributed by atoms with Crippen molar-refractivity contribution in [3.05, 3.63) is 0 Å². The summed E-state index contributed by atoms with van der Waals surface area (Å²) in [5.41, 5.74) is 6.76. The van der Waals surface area contributed by atoms with E-state index in [2.05, 4.69) is 74.7 Å². The van der Waals surface area contributed by atoms with Crippen LogP contribution in [0.15, 0.2) is 0 Å². The third-order valence-corrected chi connectivity index (χ3v) is 17.8. The highest BCUT2D eigenvalue weighted by Crippen LogP contribution is 2.39.